The second kappa shape index (κ2) is 6.55. The molecule has 0 aliphatic heterocycles. The smallest absolute Gasteiger partial charge is 0.244 e. The SMILES string of the molecule is CCC(CSC)NS(=O)(=O)c1c(CN)n[nH]c1C. The summed E-state index contributed by atoms with van der Waals surface area (Å²) in [6, 6.07) is -0.0788. The molecule has 0 bridgehead atoms. The Hall–Kier alpha value is -0.570. The number of rotatable bonds is 7. The summed E-state index contributed by atoms with van der Waals surface area (Å²) in [6.45, 7) is 3.73. The van der Waals surface area contributed by atoms with Crippen LogP contribution in [0.4, 0.5) is 0 Å². The lowest BCUT2D eigenvalue weighted by Crippen LogP contribution is -2.36. The second-order valence-electron chi connectivity index (χ2n) is 4.01. The number of thioether (sulfide) groups is 1. The highest BCUT2D eigenvalue weighted by Gasteiger charge is 2.25. The lowest BCUT2D eigenvalue weighted by atomic mass is 10.3. The molecule has 0 spiro atoms. The van der Waals surface area contributed by atoms with E-state index in [0.717, 1.165) is 12.2 Å². The number of aromatic amines is 1. The summed E-state index contributed by atoms with van der Waals surface area (Å²) in [6.07, 6.45) is 2.69. The van der Waals surface area contributed by atoms with Crippen LogP contribution in [0.2, 0.25) is 0 Å². The largest absolute Gasteiger partial charge is 0.325 e. The predicted octanol–water partition coefficient (Wildman–Crippen LogP) is 0.597. The van der Waals surface area contributed by atoms with E-state index in [2.05, 4.69) is 14.9 Å². The van der Waals surface area contributed by atoms with Crippen LogP contribution in [0, 0.1) is 6.92 Å². The fraction of sp³-hybridized carbons (Fsp3) is 0.700. The maximum absolute atomic E-state index is 12.3. The Balaban J connectivity index is 3.02. The Labute approximate surface area is 112 Å². The van der Waals surface area contributed by atoms with Crippen LogP contribution in [0.15, 0.2) is 4.90 Å². The van der Waals surface area contributed by atoms with Crippen molar-refractivity contribution in [1.82, 2.24) is 14.9 Å². The molecule has 1 aromatic heterocycles. The summed E-state index contributed by atoms with van der Waals surface area (Å²) >= 11 is 1.61. The number of aromatic nitrogens is 2. The van der Waals surface area contributed by atoms with Gasteiger partial charge in [-0.15, -0.1) is 0 Å². The highest BCUT2D eigenvalue weighted by molar-refractivity contribution is 7.98. The second-order valence-corrected chi connectivity index (χ2v) is 6.57. The van der Waals surface area contributed by atoms with Gasteiger partial charge in [-0.05, 0) is 19.6 Å². The van der Waals surface area contributed by atoms with E-state index < -0.39 is 10.0 Å². The van der Waals surface area contributed by atoms with Crippen molar-refractivity contribution in [1.29, 1.82) is 0 Å². The lowest BCUT2D eigenvalue weighted by Gasteiger charge is -2.16. The Bertz CT molecular complexity index is 484. The van der Waals surface area contributed by atoms with Gasteiger partial charge in [-0.25, -0.2) is 13.1 Å². The van der Waals surface area contributed by atoms with E-state index in [1.165, 1.54) is 0 Å². The molecule has 104 valence electrons. The maximum atomic E-state index is 12.3. The molecule has 1 heterocycles. The molecule has 0 saturated carbocycles. The number of nitrogens with one attached hydrogen (secondary N) is 2. The molecule has 0 fully saturated rings. The van der Waals surface area contributed by atoms with E-state index in [1.807, 2.05) is 13.2 Å². The van der Waals surface area contributed by atoms with Gasteiger partial charge in [-0.1, -0.05) is 6.92 Å². The first-order valence-corrected chi connectivity index (χ1v) is 8.59. The number of hydrogen-bond donors (Lipinski definition) is 3. The molecule has 8 heteroatoms. The molecular formula is C10H20N4O2S2. The van der Waals surface area contributed by atoms with Gasteiger partial charge in [0.15, 0.2) is 0 Å². The summed E-state index contributed by atoms with van der Waals surface area (Å²) in [5.74, 6) is 0.741. The Morgan fingerprint density at radius 2 is 2.22 bits per heavy atom. The van der Waals surface area contributed by atoms with Gasteiger partial charge in [-0.3, -0.25) is 5.10 Å². The Morgan fingerprint density at radius 3 is 2.72 bits per heavy atom. The van der Waals surface area contributed by atoms with Gasteiger partial charge in [0, 0.05) is 18.3 Å². The fourth-order valence-corrected chi connectivity index (χ4v) is 4.20. The summed E-state index contributed by atoms with van der Waals surface area (Å²) in [5, 5.41) is 6.57. The minimum absolute atomic E-state index is 0.0788. The standard InChI is InChI=1S/C10H20N4O2S2/c1-4-8(6-17-3)14-18(15,16)10-7(2)12-13-9(10)5-11/h8,14H,4-6,11H2,1-3H3,(H,12,13). The topological polar surface area (TPSA) is 101 Å². The molecule has 0 saturated heterocycles. The van der Waals surface area contributed by atoms with Crippen LogP contribution in [-0.4, -0.2) is 36.7 Å². The van der Waals surface area contributed by atoms with Crippen molar-refractivity contribution in [2.45, 2.75) is 37.8 Å². The summed E-state index contributed by atoms with van der Waals surface area (Å²) < 4.78 is 27.3. The minimum Gasteiger partial charge on any atom is -0.325 e. The van der Waals surface area contributed by atoms with E-state index >= 15 is 0 Å². The van der Waals surface area contributed by atoms with Crippen LogP contribution >= 0.6 is 11.8 Å². The normalized spacial score (nSPS) is 13.8. The van der Waals surface area contributed by atoms with Gasteiger partial charge in [0.25, 0.3) is 0 Å². The third-order valence-electron chi connectivity index (χ3n) is 2.61. The average molecular weight is 292 g/mol. The van der Waals surface area contributed by atoms with Crippen molar-refractivity contribution >= 4 is 21.8 Å². The molecule has 18 heavy (non-hydrogen) atoms. The van der Waals surface area contributed by atoms with Gasteiger partial charge in [0.05, 0.1) is 11.4 Å². The van der Waals surface area contributed by atoms with Crippen molar-refractivity contribution in [3.8, 4) is 0 Å². The van der Waals surface area contributed by atoms with Crippen LogP contribution in [0.1, 0.15) is 24.7 Å². The van der Waals surface area contributed by atoms with Gasteiger partial charge in [0.2, 0.25) is 10.0 Å². The van der Waals surface area contributed by atoms with Gasteiger partial charge >= 0.3 is 0 Å². The van der Waals surface area contributed by atoms with E-state index in [0.29, 0.717) is 11.4 Å². The highest BCUT2D eigenvalue weighted by Crippen LogP contribution is 2.18. The third kappa shape index (κ3) is 3.47. The molecule has 1 aromatic rings. The number of H-pyrrole nitrogens is 1. The first-order valence-electron chi connectivity index (χ1n) is 5.71. The van der Waals surface area contributed by atoms with Crippen molar-refractivity contribution in [2.24, 2.45) is 5.73 Å². The summed E-state index contributed by atoms with van der Waals surface area (Å²) in [4.78, 5) is 0.185. The van der Waals surface area contributed by atoms with Gasteiger partial charge in [0.1, 0.15) is 4.90 Å². The molecule has 1 unspecified atom stereocenters. The molecule has 0 amide bonds. The zero-order valence-corrected chi connectivity index (χ0v) is 12.5. The molecule has 1 rings (SSSR count). The molecule has 1 atom stereocenters. The minimum atomic E-state index is -3.56. The zero-order chi connectivity index (χ0) is 13.8. The number of sulfonamides is 1. The van der Waals surface area contributed by atoms with Crippen LogP contribution in [-0.2, 0) is 16.6 Å². The number of nitrogens with zero attached hydrogens (tertiary/aromatic N) is 1. The van der Waals surface area contributed by atoms with Gasteiger partial charge in [-0.2, -0.15) is 16.9 Å². The average Bonchev–Trinajstić information content (AvgIpc) is 2.70. The number of aryl methyl sites for hydroxylation is 1. The van der Waals surface area contributed by atoms with E-state index in [4.69, 9.17) is 5.73 Å². The molecule has 0 radical (unpaired) electrons. The van der Waals surface area contributed by atoms with Crippen LogP contribution in [0.3, 0.4) is 0 Å². The summed E-state index contributed by atoms with van der Waals surface area (Å²) in [7, 11) is -3.56. The van der Waals surface area contributed by atoms with Crippen molar-refractivity contribution in [2.75, 3.05) is 12.0 Å². The zero-order valence-electron chi connectivity index (χ0n) is 10.9. The Morgan fingerprint density at radius 1 is 1.56 bits per heavy atom. The quantitative estimate of drug-likeness (QED) is 0.683. The molecule has 4 N–H and O–H groups in total. The van der Waals surface area contributed by atoms with Crippen molar-refractivity contribution < 1.29 is 8.42 Å². The number of nitrogens with two attached hydrogens (primary N) is 1. The molecule has 0 aliphatic rings. The van der Waals surface area contributed by atoms with Crippen LogP contribution < -0.4 is 10.5 Å². The fourth-order valence-electron chi connectivity index (χ4n) is 1.68. The molecule has 0 aromatic carbocycles. The molecule has 6 nitrogen and oxygen atoms in total. The van der Waals surface area contributed by atoms with Crippen LogP contribution in [0.5, 0.6) is 0 Å². The molecular weight excluding hydrogens is 272 g/mol. The molecule has 0 aliphatic carbocycles. The first-order chi connectivity index (χ1) is 8.46. The van der Waals surface area contributed by atoms with E-state index in [1.54, 1.807) is 18.7 Å². The first kappa shape index (κ1) is 15.5. The maximum Gasteiger partial charge on any atom is 0.244 e. The predicted molar refractivity (Wildman–Crippen MR) is 74.0 cm³/mol. The van der Waals surface area contributed by atoms with Crippen molar-refractivity contribution in [3.63, 3.8) is 0 Å². The van der Waals surface area contributed by atoms with Crippen molar-refractivity contribution in [3.05, 3.63) is 11.4 Å². The number of hydrogen-bond acceptors (Lipinski definition) is 5. The third-order valence-corrected chi connectivity index (χ3v) is 5.06. The monoisotopic (exact) mass is 292 g/mol. The van der Waals surface area contributed by atoms with Gasteiger partial charge < -0.3 is 5.73 Å². The van der Waals surface area contributed by atoms with E-state index in [-0.39, 0.29) is 17.5 Å². The lowest BCUT2D eigenvalue weighted by molar-refractivity contribution is 0.556. The van der Waals surface area contributed by atoms with Crippen LogP contribution in [0.25, 0.3) is 0 Å². The highest BCUT2D eigenvalue weighted by atomic mass is 32.2. The van der Waals surface area contributed by atoms with E-state index in [9.17, 15) is 8.42 Å². The Kier molecular flexibility index (Phi) is 5.64. The summed E-state index contributed by atoms with van der Waals surface area (Å²) in [5.41, 5.74) is 6.39.